The summed E-state index contributed by atoms with van der Waals surface area (Å²) < 4.78 is 30.0. The molecule has 0 saturated carbocycles. The minimum absolute atomic E-state index is 0.340. The lowest BCUT2D eigenvalue weighted by molar-refractivity contribution is 0.492. The van der Waals surface area contributed by atoms with Crippen LogP contribution in [0.5, 0.6) is 0 Å². The lowest BCUT2D eigenvalue weighted by Crippen LogP contribution is -2.27. The van der Waals surface area contributed by atoms with Crippen LogP contribution in [0.25, 0.3) is 0 Å². The van der Waals surface area contributed by atoms with Crippen LogP contribution in [0.2, 0.25) is 0 Å². The molecule has 2 heterocycles. The van der Waals surface area contributed by atoms with E-state index in [-0.39, 0.29) is 0 Å². The van der Waals surface area contributed by atoms with Crippen molar-refractivity contribution >= 4 is 15.5 Å². The molecule has 2 aromatic rings. The highest BCUT2D eigenvalue weighted by atomic mass is 32.2. The normalized spacial score (nSPS) is 21.5. The van der Waals surface area contributed by atoms with Gasteiger partial charge in [-0.2, -0.15) is 0 Å². The van der Waals surface area contributed by atoms with Crippen LogP contribution in [0.3, 0.4) is 0 Å². The molecule has 1 unspecified atom stereocenters. The van der Waals surface area contributed by atoms with Crippen molar-refractivity contribution in [3.05, 3.63) is 48.4 Å². The van der Waals surface area contributed by atoms with E-state index in [2.05, 4.69) is 5.32 Å². The van der Waals surface area contributed by atoms with Gasteiger partial charge in [0.25, 0.3) is 0 Å². The molecule has 1 aliphatic heterocycles. The molecule has 17 heavy (non-hydrogen) atoms. The van der Waals surface area contributed by atoms with E-state index < -0.39 is 15.1 Å². The van der Waals surface area contributed by atoms with Crippen LogP contribution in [0.4, 0.5) is 5.69 Å². The highest BCUT2D eigenvalue weighted by Gasteiger charge is 2.36. The number of rotatable bonds is 1. The largest absolute Gasteiger partial charge is 0.468 e. The summed E-state index contributed by atoms with van der Waals surface area (Å²) in [4.78, 5) is 0.340. The van der Waals surface area contributed by atoms with Crippen molar-refractivity contribution in [2.75, 3.05) is 11.9 Å². The Bertz CT molecular complexity index is 632. The van der Waals surface area contributed by atoms with E-state index in [9.17, 15) is 8.42 Å². The Hall–Kier alpha value is -1.75. The third-order valence-electron chi connectivity index (χ3n) is 2.91. The summed E-state index contributed by atoms with van der Waals surface area (Å²) in [5.74, 6) is 0.479. The average molecular weight is 249 g/mol. The van der Waals surface area contributed by atoms with Crippen molar-refractivity contribution in [1.29, 1.82) is 0 Å². The van der Waals surface area contributed by atoms with Gasteiger partial charge in [-0.3, -0.25) is 0 Å². The molecule has 0 aliphatic carbocycles. The van der Waals surface area contributed by atoms with E-state index in [4.69, 9.17) is 4.42 Å². The molecule has 0 saturated heterocycles. The maximum absolute atomic E-state index is 12.4. The second kappa shape index (κ2) is 3.63. The molecule has 1 atom stereocenters. The quantitative estimate of drug-likeness (QED) is 0.841. The molecular formula is C12H11NO3S. The molecule has 0 spiro atoms. The van der Waals surface area contributed by atoms with E-state index in [1.807, 2.05) is 6.07 Å². The van der Waals surface area contributed by atoms with E-state index in [1.54, 1.807) is 30.3 Å². The zero-order valence-corrected chi connectivity index (χ0v) is 9.78. The molecule has 4 nitrogen and oxygen atoms in total. The molecule has 0 amide bonds. The number of furan rings is 1. The lowest BCUT2D eigenvalue weighted by atomic mass is 10.2. The van der Waals surface area contributed by atoms with Crippen molar-refractivity contribution in [2.45, 2.75) is 10.1 Å². The highest BCUT2D eigenvalue weighted by molar-refractivity contribution is 7.92. The Balaban J connectivity index is 2.15. The van der Waals surface area contributed by atoms with Crippen LogP contribution in [0.15, 0.2) is 52.0 Å². The van der Waals surface area contributed by atoms with Gasteiger partial charge in [0.2, 0.25) is 0 Å². The molecule has 3 rings (SSSR count). The first-order chi connectivity index (χ1) is 8.19. The predicted octanol–water partition coefficient (Wildman–Crippen LogP) is 2.22. The highest BCUT2D eigenvalue weighted by Crippen LogP contribution is 2.37. The molecule has 1 aromatic heterocycles. The molecule has 1 aliphatic rings. The van der Waals surface area contributed by atoms with E-state index >= 15 is 0 Å². The van der Waals surface area contributed by atoms with Crippen molar-refractivity contribution in [1.82, 2.24) is 0 Å². The maximum atomic E-state index is 12.4. The standard InChI is InChI=1S/C12H11NO3S/c14-17(15)11-6-2-1-4-9(11)13-8-12(17)10-5-3-7-16-10/h1-7,12-13H,8H2. The fraction of sp³-hybridized carbons (Fsp3) is 0.167. The monoisotopic (exact) mass is 249 g/mol. The summed E-state index contributed by atoms with van der Waals surface area (Å²) in [6, 6.07) is 10.3. The van der Waals surface area contributed by atoms with Gasteiger partial charge in [-0.1, -0.05) is 12.1 Å². The van der Waals surface area contributed by atoms with Gasteiger partial charge in [-0.05, 0) is 24.3 Å². The van der Waals surface area contributed by atoms with Crippen molar-refractivity contribution in [2.24, 2.45) is 0 Å². The molecule has 1 N–H and O–H groups in total. The zero-order chi connectivity index (χ0) is 11.9. The second-order valence-electron chi connectivity index (χ2n) is 3.93. The van der Waals surface area contributed by atoms with Gasteiger partial charge in [-0.25, -0.2) is 8.42 Å². The minimum atomic E-state index is -3.36. The summed E-state index contributed by atoms with van der Waals surface area (Å²) in [7, 11) is -3.36. The van der Waals surface area contributed by atoms with Crippen LogP contribution in [-0.4, -0.2) is 15.0 Å². The van der Waals surface area contributed by atoms with Gasteiger partial charge in [-0.15, -0.1) is 0 Å². The Kier molecular flexibility index (Phi) is 2.22. The van der Waals surface area contributed by atoms with Crippen molar-refractivity contribution in [3.63, 3.8) is 0 Å². The number of hydrogen-bond acceptors (Lipinski definition) is 4. The van der Waals surface area contributed by atoms with E-state index in [0.717, 1.165) is 0 Å². The summed E-state index contributed by atoms with van der Waals surface area (Å²) in [6.45, 7) is 0.340. The number of para-hydroxylation sites is 1. The molecule has 1 aromatic carbocycles. The molecule has 0 radical (unpaired) electrons. The summed E-state index contributed by atoms with van der Waals surface area (Å²) in [5, 5.41) is 2.47. The van der Waals surface area contributed by atoms with Gasteiger partial charge >= 0.3 is 0 Å². The van der Waals surface area contributed by atoms with Crippen LogP contribution < -0.4 is 5.32 Å². The van der Waals surface area contributed by atoms with Gasteiger partial charge < -0.3 is 9.73 Å². The average Bonchev–Trinajstić information content (AvgIpc) is 2.82. The summed E-state index contributed by atoms with van der Waals surface area (Å²) in [6.07, 6.45) is 1.49. The van der Waals surface area contributed by atoms with Crippen LogP contribution in [-0.2, 0) is 9.84 Å². The van der Waals surface area contributed by atoms with Gasteiger partial charge in [0.05, 0.1) is 16.8 Å². The van der Waals surface area contributed by atoms with Gasteiger partial charge in [0.15, 0.2) is 9.84 Å². The number of nitrogens with one attached hydrogen (secondary N) is 1. The SMILES string of the molecule is O=S1(=O)c2ccccc2NCC1c1ccco1. The van der Waals surface area contributed by atoms with Crippen molar-refractivity contribution in [3.8, 4) is 0 Å². The fourth-order valence-electron chi connectivity index (χ4n) is 2.05. The van der Waals surface area contributed by atoms with Gasteiger partial charge in [0.1, 0.15) is 11.0 Å². The van der Waals surface area contributed by atoms with E-state index in [0.29, 0.717) is 22.9 Å². The Labute approximate surface area is 99.2 Å². The number of anilines is 1. The molecule has 0 fully saturated rings. The third-order valence-corrected chi connectivity index (χ3v) is 5.02. The fourth-order valence-corrected chi connectivity index (χ4v) is 3.82. The first-order valence-electron chi connectivity index (χ1n) is 5.30. The van der Waals surface area contributed by atoms with Crippen LogP contribution in [0.1, 0.15) is 11.0 Å². The smallest absolute Gasteiger partial charge is 0.192 e. The number of benzene rings is 1. The molecular weight excluding hydrogens is 238 g/mol. The minimum Gasteiger partial charge on any atom is -0.468 e. The predicted molar refractivity (Wildman–Crippen MR) is 63.6 cm³/mol. The second-order valence-corrected chi connectivity index (χ2v) is 6.03. The van der Waals surface area contributed by atoms with Crippen LogP contribution in [0, 0.1) is 0 Å². The molecule has 5 heteroatoms. The maximum Gasteiger partial charge on any atom is 0.192 e. The number of hydrogen-bond donors (Lipinski definition) is 1. The first-order valence-corrected chi connectivity index (χ1v) is 6.84. The van der Waals surface area contributed by atoms with E-state index in [1.165, 1.54) is 6.26 Å². The Morgan fingerprint density at radius 2 is 2.00 bits per heavy atom. The third kappa shape index (κ3) is 1.54. The number of fused-ring (bicyclic) bond motifs is 1. The molecule has 0 bridgehead atoms. The lowest BCUT2D eigenvalue weighted by Gasteiger charge is -2.24. The molecule has 88 valence electrons. The van der Waals surface area contributed by atoms with Crippen molar-refractivity contribution < 1.29 is 12.8 Å². The summed E-state index contributed by atoms with van der Waals surface area (Å²) >= 11 is 0. The van der Waals surface area contributed by atoms with Crippen LogP contribution >= 0.6 is 0 Å². The number of sulfone groups is 1. The Morgan fingerprint density at radius 3 is 2.76 bits per heavy atom. The zero-order valence-electron chi connectivity index (χ0n) is 8.96. The Morgan fingerprint density at radius 1 is 1.18 bits per heavy atom. The van der Waals surface area contributed by atoms with Gasteiger partial charge in [0, 0.05) is 6.54 Å². The topological polar surface area (TPSA) is 59.3 Å². The summed E-state index contributed by atoms with van der Waals surface area (Å²) in [5.41, 5.74) is 0.662. The first kappa shape index (κ1) is 10.4.